The van der Waals surface area contributed by atoms with E-state index in [0.29, 0.717) is 25.2 Å². The second-order valence-corrected chi connectivity index (χ2v) is 8.36. The first-order valence-corrected chi connectivity index (χ1v) is 11.3. The van der Waals surface area contributed by atoms with Gasteiger partial charge in [0.25, 0.3) is 0 Å². The predicted octanol–water partition coefficient (Wildman–Crippen LogP) is 4.78. The van der Waals surface area contributed by atoms with Crippen LogP contribution in [0.15, 0.2) is 72.9 Å². The summed E-state index contributed by atoms with van der Waals surface area (Å²) in [7, 11) is 0. The molecule has 2 aromatic heterocycles. The lowest BCUT2D eigenvalue weighted by Gasteiger charge is -2.12. The zero-order valence-corrected chi connectivity index (χ0v) is 19.2. The number of carbonyl (C=O) groups excluding carboxylic acids is 1. The van der Waals surface area contributed by atoms with Gasteiger partial charge in [-0.2, -0.15) is 0 Å². The molecule has 1 amide bonds. The number of carbonyl (C=O) groups is 2. The minimum atomic E-state index is -0.842. The molecule has 2 aromatic carbocycles. The van der Waals surface area contributed by atoms with Crippen molar-refractivity contribution in [3.05, 3.63) is 95.3 Å². The van der Waals surface area contributed by atoms with Gasteiger partial charge in [-0.1, -0.05) is 54.6 Å². The molecule has 0 spiro atoms. The van der Waals surface area contributed by atoms with Gasteiger partial charge in [0.05, 0.1) is 18.5 Å². The van der Waals surface area contributed by atoms with Gasteiger partial charge in [0.1, 0.15) is 5.75 Å². The first-order chi connectivity index (χ1) is 16.4. The highest BCUT2D eigenvalue weighted by molar-refractivity contribution is 5.81. The van der Waals surface area contributed by atoms with E-state index in [2.05, 4.69) is 28.7 Å². The Bertz CT molecular complexity index is 1330. The molecule has 3 N–H and O–H groups in total. The third-order valence-electron chi connectivity index (χ3n) is 6.03. The summed E-state index contributed by atoms with van der Waals surface area (Å²) in [6.45, 7) is 2.34. The van der Waals surface area contributed by atoms with Crippen LogP contribution < -0.4 is 10.5 Å². The second-order valence-electron chi connectivity index (χ2n) is 8.36. The molecule has 174 valence electrons. The summed E-state index contributed by atoms with van der Waals surface area (Å²) in [5.41, 5.74) is 13.0. The first-order valence-electron chi connectivity index (χ1n) is 11.3. The Morgan fingerprint density at radius 1 is 1.03 bits per heavy atom. The number of benzene rings is 2. The minimum absolute atomic E-state index is 0.0599. The fraction of sp³-hybridized carbons (Fsp3) is 0.214. The van der Waals surface area contributed by atoms with Crippen LogP contribution in [-0.4, -0.2) is 28.0 Å². The SMILES string of the molecule is Cc1c(CC(N)=O)c2cc(OCCCC(=O)O)ccn2c1Cc1ccccc1-c1ccccc1. The van der Waals surface area contributed by atoms with E-state index in [1.54, 1.807) is 0 Å². The largest absolute Gasteiger partial charge is 0.493 e. The summed E-state index contributed by atoms with van der Waals surface area (Å²) in [5, 5.41) is 8.82. The Kier molecular flexibility index (Phi) is 6.97. The number of hydrogen-bond acceptors (Lipinski definition) is 3. The van der Waals surface area contributed by atoms with Crippen molar-refractivity contribution in [2.75, 3.05) is 6.61 Å². The Morgan fingerprint density at radius 2 is 1.76 bits per heavy atom. The number of carboxylic acid groups (broad SMARTS) is 1. The number of nitrogens with two attached hydrogens (primary N) is 1. The number of rotatable bonds is 10. The maximum Gasteiger partial charge on any atom is 0.303 e. The van der Waals surface area contributed by atoms with Crippen LogP contribution in [-0.2, 0) is 22.4 Å². The van der Waals surface area contributed by atoms with E-state index in [0.717, 1.165) is 27.9 Å². The molecule has 0 saturated heterocycles. The summed E-state index contributed by atoms with van der Waals surface area (Å²) < 4.78 is 7.87. The van der Waals surface area contributed by atoms with E-state index in [9.17, 15) is 9.59 Å². The number of ether oxygens (including phenoxy) is 1. The van der Waals surface area contributed by atoms with Crippen molar-refractivity contribution in [3.8, 4) is 16.9 Å². The van der Waals surface area contributed by atoms with Gasteiger partial charge in [-0.3, -0.25) is 9.59 Å². The lowest BCUT2D eigenvalue weighted by molar-refractivity contribution is -0.137. The van der Waals surface area contributed by atoms with E-state index in [1.165, 1.54) is 11.1 Å². The molecule has 0 aliphatic heterocycles. The summed E-state index contributed by atoms with van der Waals surface area (Å²) in [5.74, 6) is -0.595. The van der Waals surface area contributed by atoms with Crippen LogP contribution in [0.25, 0.3) is 16.6 Å². The molecule has 2 heterocycles. The molecule has 0 unspecified atom stereocenters. The van der Waals surface area contributed by atoms with Crippen molar-refractivity contribution in [3.63, 3.8) is 0 Å². The van der Waals surface area contributed by atoms with Crippen LogP contribution in [0.5, 0.6) is 5.75 Å². The lowest BCUT2D eigenvalue weighted by atomic mass is 9.95. The van der Waals surface area contributed by atoms with Crippen LogP contribution in [0, 0.1) is 6.92 Å². The smallest absolute Gasteiger partial charge is 0.303 e. The van der Waals surface area contributed by atoms with Crippen LogP contribution in [0.3, 0.4) is 0 Å². The van der Waals surface area contributed by atoms with Crippen molar-refractivity contribution in [2.24, 2.45) is 5.73 Å². The van der Waals surface area contributed by atoms with Gasteiger partial charge in [-0.05, 0) is 47.2 Å². The van der Waals surface area contributed by atoms with Gasteiger partial charge in [0.2, 0.25) is 5.91 Å². The molecule has 0 atom stereocenters. The molecule has 0 aliphatic rings. The molecule has 0 fully saturated rings. The molecular weight excluding hydrogens is 428 g/mol. The van der Waals surface area contributed by atoms with E-state index < -0.39 is 5.97 Å². The summed E-state index contributed by atoms with van der Waals surface area (Å²) in [6.07, 6.45) is 3.26. The van der Waals surface area contributed by atoms with Crippen LogP contribution in [0.1, 0.15) is 35.2 Å². The number of amides is 1. The predicted molar refractivity (Wildman–Crippen MR) is 132 cm³/mol. The summed E-state index contributed by atoms with van der Waals surface area (Å²) in [4.78, 5) is 22.6. The Balaban J connectivity index is 1.72. The molecule has 6 nitrogen and oxygen atoms in total. The number of aromatic nitrogens is 1. The first kappa shape index (κ1) is 23.1. The Labute approximate surface area is 198 Å². The van der Waals surface area contributed by atoms with Crippen molar-refractivity contribution < 1.29 is 19.4 Å². The van der Waals surface area contributed by atoms with E-state index >= 15 is 0 Å². The van der Waals surface area contributed by atoms with Crippen molar-refractivity contribution >= 4 is 17.4 Å². The number of fused-ring (bicyclic) bond motifs is 1. The maximum atomic E-state index is 11.9. The average molecular weight is 457 g/mol. The highest BCUT2D eigenvalue weighted by atomic mass is 16.5. The molecule has 6 heteroatoms. The fourth-order valence-corrected chi connectivity index (χ4v) is 4.37. The molecule has 0 radical (unpaired) electrons. The van der Waals surface area contributed by atoms with Crippen LogP contribution in [0.2, 0.25) is 0 Å². The highest BCUT2D eigenvalue weighted by Gasteiger charge is 2.19. The van der Waals surface area contributed by atoms with Gasteiger partial charge in [-0.25, -0.2) is 0 Å². The monoisotopic (exact) mass is 456 g/mol. The fourth-order valence-electron chi connectivity index (χ4n) is 4.37. The van der Waals surface area contributed by atoms with Gasteiger partial charge < -0.3 is 20.0 Å². The van der Waals surface area contributed by atoms with Crippen molar-refractivity contribution in [1.29, 1.82) is 0 Å². The maximum absolute atomic E-state index is 11.9. The number of carboxylic acids is 1. The van der Waals surface area contributed by atoms with Crippen LogP contribution >= 0.6 is 0 Å². The van der Waals surface area contributed by atoms with Gasteiger partial charge in [0.15, 0.2) is 0 Å². The third kappa shape index (κ3) is 5.12. The Hall–Kier alpha value is -4.06. The minimum Gasteiger partial charge on any atom is -0.493 e. The second kappa shape index (κ2) is 10.3. The van der Waals surface area contributed by atoms with Gasteiger partial charge >= 0.3 is 5.97 Å². The number of primary amides is 1. The quantitative estimate of drug-likeness (QED) is 0.336. The molecule has 4 rings (SSSR count). The molecule has 0 aliphatic carbocycles. The number of hydrogen-bond donors (Lipinski definition) is 2. The number of pyridine rings is 1. The van der Waals surface area contributed by atoms with E-state index in [4.69, 9.17) is 15.6 Å². The third-order valence-corrected chi connectivity index (χ3v) is 6.03. The normalized spacial score (nSPS) is 11.0. The van der Waals surface area contributed by atoms with Crippen molar-refractivity contribution in [2.45, 2.75) is 32.6 Å². The lowest BCUT2D eigenvalue weighted by Crippen LogP contribution is -2.14. The molecule has 0 bridgehead atoms. The van der Waals surface area contributed by atoms with Gasteiger partial charge in [0, 0.05) is 30.8 Å². The highest BCUT2D eigenvalue weighted by Crippen LogP contribution is 2.31. The van der Waals surface area contributed by atoms with E-state index in [-0.39, 0.29) is 18.7 Å². The van der Waals surface area contributed by atoms with Crippen LogP contribution in [0.4, 0.5) is 0 Å². The Morgan fingerprint density at radius 3 is 2.50 bits per heavy atom. The standard InChI is InChI=1S/C28H28N2O4/c1-19-24(18-27(29)31)26-17-22(34-15-7-12-28(32)33)13-14-30(26)25(19)16-21-10-5-6-11-23(21)20-8-3-2-4-9-20/h2-6,8-11,13-14,17H,7,12,15-16,18H2,1H3,(H2,29,31)(H,32,33). The molecule has 0 saturated carbocycles. The average Bonchev–Trinajstić information content (AvgIpc) is 3.07. The number of nitrogens with zero attached hydrogens (tertiary/aromatic N) is 1. The topological polar surface area (TPSA) is 94.0 Å². The summed E-state index contributed by atoms with van der Waals surface area (Å²) in [6, 6.07) is 22.4. The zero-order chi connectivity index (χ0) is 24.1. The summed E-state index contributed by atoms with van der Waals surface area (Å²) >= 11 is 0. The van der Waals surface area contributed by atoms with Crippen molar-refractivity contribution in [1.82, 2.24) is 4.40 Å². The van der Waals surface area contributed by atoms with Gasteiger partial charge in [-0.15, -0.1) is 0 Å². The number of aliphatic carboxylic acids is 1. The molecular formula is C28H28N2O4. The zero-order valence-electron chi connectivity index (χ0n) is 19.2. The molecule has 4 aromatic rings. The van der Waals surface area contributed by atoms with E-state index in [1.807, 2.05) is 55.6 Å². The molecule has 34 heavy (non-hydrogen) atoms.